The van der Waals surface area contributed by atoms with E-state index in [2.05, 4.69) is 44.9 Å². The van der Waals surface area contributed by atoms with Crippen LogP contribution in [0, 0.1) is 0 Å². The third-order valence-electron chi connectivity index (χ3n) is 4.84. The summed E-state index contributed by atoms with van der Waals surface area (Å²) in [6, 6.07) is 4.98. The third kappa shape index (κ3) is 2.30. The molecule has 2 fully saturated rings. The van der Waals surface area contributed by atoms with E-state index in [4.69, 9.17) is 4.98 Å². The average molecular weight is 285 g/mol. The van der Waals surface area contributed by atoms with Gasteiger partial charge in [-0.2, -0.15) is 0 Å². The zero-order valence-corrected chi connectivity index (χ0v) is 12.6. The van der Waals surface area contributed by atoms with Crippen molar-refractivity contribution in [3.05, 3.63) is 30.4 Å². The van der Waals surface area contributed by atoms with Crippen LogP contribution in [0.25, 0.3) is 5.52 Å². The molecule has 0 saturated carbocycles. The third-order valence-corrected chi connectivity index (χ3v) is 4.84. The van der Waals surface area contributed by atoms with Gasteiger partial charge in [-0.3, -0.25) is 4.90 Å². The summed E-state index contributed by atoms with van der Waals surface area (Å²) in [5.41, 5.74) is 2.52. The standard InChI is InChI=1S/C16H23N5/c1-19-7-2-3-15(19)16-18-12-14-11-13(4-8-21(14)16)20-9-5-17-6-10-20/h4,8,11-12,15,17H,2-3,5-7,9-10H2,1H3. The molecular weight excluding hydrogens is 262 g/mol. The van der Waals surface area contributed by atoms with Gasteiger partial charge in [0, 0.05) is 38.1 Å². The van der Waals surface area contributed by atoms with Gasteiger partial charge in [-0.25, -0.2) is 4.98 Å². The first-order chi connectivity index (χ1) is 10.3. The minimum atomic E-state index is 0.470. The van der Waals surface area contributed by atoms with Crippen LogP contribution >= 0.6 is 0 Å². The van der Waals surface area contributed by atoms with Crippen molar-refractivity contribution in [1.29, 1.82) is 0 Å². The smallest absolute Gasteiger partial charge is 0.130 e. The fraction of sp³-hybridized carbons (Fsp3) is 0.562. The first-order valence-electron chi connectivity index (χ1n) is 7.96. The number of pyridine rings is 1. The molecule has 1 N–H and O–H groups in total. The van der Waals surface area contributed by atoms with E-state index in [0.717, 1.165) is 26.2 Å². The number of likely N-dealkylation sites (tertiary alicyclic amines) is 1. The number of nitrogens with zero attached hydrogens (tertiary/aromatic N) is 4. The van der Waals surface area contributed by atoms with Gasteiger partial charge in [-0.1, -0.05) is 0 Å². The molecule has 1 atom stereocenters. The molecule has 5 heteroatoms. The van der Waals surface area contributed by atoms with Gasteiger partial charge in [0.25, 0.3) is 0 Å². The summed E-state index contributed by atoms with van der Waals surface area (Å²) in [4.78, 5) is 9.57. The van der Waals surface area contributed by atoms with Crippen molar-refractivity contribution < 1.29 is 0 Å². The van der Waals surface area contributed by atoms with Gasteiger partial charge in [0.1, 0.15) is 5.82 Å². The molecule has 2 aromatic heterocycles. The van der Waals surface area contributed by atoms with E-state index >= 15 is 0 Å². The number of imidazole rings is 1. The van der Waals surface area contributed by atoms with Crippen LogP contribution in [-0.2, 0) is 0 Å². The Morgan fingerprint density at radius 2 is 2.10 bits per heavy atom. The molecule has 0 radical (unpaired) electrons. The van der Waals surface area contributed by atoms with Gasteiger partial charge < -0.3 is 14.6 Å². The second-order valence-corrected chi connectivity index (χ2v) is 6.17. The summed E-state index contributed by atoms with van der Waals surface area (Å²) < 4.78 is 2.26. The minimum Gasteiger partial charge on any atom is -0.369 e. The van der Waals surface area contributed by atoms with E-state index in [9.17, 15) is 0 Å². The maximum absolute atomic E-state index is 4.70. The lowest BCUT2D eigenvalue weighted by molar-refractivity contribution is 0.305. The van der Waals surface area contributed by atoms with Crippen LogP contribution in [0.1, 0.15) is 24.7 Å². The Morgan fingerprint density at radius 3 is 2.86 bits per heavy atom. The number of nitrogens with one attached hydrogen (secondary N) is 1. The van der Waals surface area contributed by atoms with E-state index in [1.54, 1.807) is 0 Å². The molecule has 2 saturated heterocycles. The molecule has 0 bridgehead atoms. The van der Waals surface area contributed by atoms with E-state index in [0.29, 0.717) is 6.04 Å². The molecule has 0 aliphatic carbocycles. The van der Waals surface area contributed by atoms with Crippen LogP contribution in [0.2, 0.25) is 0 Å². The predicted octanol–water partition coefficient (Wildman–Crippen LogP) is 1.51. The van der Waals surface area contributed by atoms with E-state index in [1.165, 1.54) is 36.4 Å². The molecule has 4 rings (SSSR count). The minimum absolute atomic E-state index is 0.470. The molecule has 112 valence electrons. The normalized spacial score (nSPS) is 24.0. The highest BCUT2D eigenvalue weighted by Crippen LogP contribution is 2.30. The van der Waals surface area contributed by atoms with Gasteiger partial charge in [0.2, 0.25) is 0 Å². The van der Waals surface area contributed by atoms with Crippen molar-refractivity contribution >= 4 is 11.2 Å². The van der Waals surface area contributed by atoms with Gasteiger partial charge in [-0.05, 0) is 38.6 Å². The second-order valence-electron chi connectivity index (χ2n) is 6.17. The molecular formula is C16H23N5. The average Bonchev–Trinajstić information content (AvgIpc) is 3.13. The van der Waals surface area contributed by atoms with Crippen molar-refractivity contribution in [3.8, 4) is 0 Å². The molecule has 2 aliphatic heterocycles. The molecule has 5 nitrogen and oxygen atoms in total. The van der Waals surface area contributed by atoms with E-state index in [1.807, 2.05) is 6.20 Å². The maximum atomic E-state index is 4.70. The van der Waals surface area contributed by atoms with Crippen molar-refractivity contribution in [1.82, 2.24) is 19.6 Å². The number of anilines is 1. The highest BCUT2D eigenvalue weighted by molar-refractivity contribution is 5.60. The highest BCUT2D eigenvalue weighted by atomic mass is 15.2. The number of fused-ring (bicyclic) bond motifs is 1. The highest BCUT2D eigenvalue weighted by Gasteiger charge is 2.26. The second kappa shape index (κ2) is 5.31. The number of piperazine rings is 1. The summed E-state index contributed by atoms with van der Waals surface area (Å²) in [6.07, 6.45) is 6.71. The lowest BCUT2D eigenvalue weighted by atomic mass is 10.2. The first kappa shape index (κ1) is 13.1. The largest absolute Gasteiger partial charge is 0.369 e. The zero-order chi connectivity index (χ0) is 14.2. The fourth-order valence-electron chi connectivity index (χ4n) is 3.61. The SMILES string of the molecule is CN1CCCC1c1ncc2cc(N3CCNCC3)ccn12. The van der Waals surface area contributed by atoms with Crippen molar-refractivity contribution in [2.75, 3.05) is 44.7 Å². The lowest BCUT2D eigenvalue weighted by Crippen LogP contribution is -2.43. The molecule has 1 unspecified atom stereocenters. The summed E-state index contributed by atoms with van der Waals surface area (Å²) in [5, 5.41) is 3.40. The number of hydrogen-bond donors (Lipinski definition) is 1. The zero-order valence-electron chi connectivity index (χ0n) is 12.6. The Balaban J connectivity index is 1.67. The summed E-state index contributed by atoms with van der Waals surface area (Å²) in [6.45, 7) is 5.49. The molecule has 4 heterocycles. The molecule has 2 aromatic rings. The van der Waals surface area contributed by atoms with Crippen LogP contribution in [0.15, 0.2) is 24.5 Å². The molecule has 0 spiro atoms. The van der Waals surface area contributed by atoms with Crippen molar-refractivity contribution in [2.24, 2.45) is 0 Å². The molecule has 2 aliphatic rings. The van der Waals surface area contributed by atoms with E-state index < -0.39 is 0 Å². The van der Waals surface area contributed by atoms with Crippen LogP contribution in [0.4, 0.5) is 5.69 Å². The van der Waals surface area contributed by atoms with Gasteiger partial charge in [0.05, 0.1) is 17.8 Å². The number of hydrogen-bond acceptors (Lipinski definition) is 4. The summed E-state index contributed by atoms with van der Waals surface area (Å²) in [5.74, 6) is 1.19. The fourth-order valence-corrected chi connectivity index (χ4v) is 3.61. The molecule has 21 heavy (non-hydrogen) atoms. The predicted molar refractivity (Wildman–Crippen MR) is 84.9 cm³/mol. The van der Waals surface area contributed by atoms with Crippen LogP contribution in [0.5, 0.6) is 0 Å². The van der Waals surface area contributed by atoms with Gasteiger partial charge >= 0.3 is 0 Å². The van der Waals surface area contributed by atoms with Crippen molar-refractivity contribution in [2.45, 2.75) is 18.9 Å². The number of rotatable bonds is 2. The van der Waals surface area contributed by atoms with Gasteiger partial charge in [0.15, 0.2) is 0 Å². The monoisotopic (exact) mass is 285 g/mol. The Labute approximate surface area is 125 Å². The van der Waals surface area contributed by atoms with Crippen LogP contribution in [-0.4, -0.2) is 54.1 Å². The number of aromatic nitrogens is 2. The van der Waals surface area contributed by atoms with Crippen LogP contribution < -0.4 is 10.2 Å². The topological polar surface area (TPSA) is 35.8 Å². The Kier molecular flexibility index (Phi) is 3.31. The quantitative estimate of drug-likeness (QED) is 0.907. The Hall–Kier alpha value is -1.59. The lowest BCUT2D eigenvalue weighted by Gasteiger charge is -2.29. The summed E-state index contributed by atoms with van der Waals surface area (Å²) >= 11 is 0. The van der Waals surface area contributed by atoms with E-state index in [-0.39, 0.29) is 0 Å². The van der Waals surface area contributed by atoms with Gasteiger partial charge in [-0.15, -0.1) is 0 Å². The molecule has 0 amide bonds. The molecule has 0 aromatic carbocycles. The maximum Gasteiger partial charge on any atom is 0.130 e. The Bertz CT molecular complexity index is 629. The van der Waals surface area contributed by atoms with Crippen molar-refractivity contribution in [3.63, 3.8) is 0 Å². The van der Waals surface area contributed by atoms with Crippen LogP contribution in [0.3, 0.4) is 0 Å². The Morgan fingerprint density at radius 1 is 1.24 bits per heavy atom. The first-order valence-corrected chi connectivity index (χ1v) is 7.96. The summed E-state index contributed by atoms with van der Waals surface area (Å²) in [7, 11) is 2.20.